The number of amides is 2. The zero-order chi connectivity index (χ0) is 28.4. The van der Waals surface area contributed by atoms with E-state index in [4.69, 9.17) is 4.99 Å². The quantitative estimate of drug-likeness (QED) is 0.307. The highest BCUT2D eigenvalue weighted by atomic mass is 32.2. The van der Waals surface area contributed by atoms with Gasteiger partial charge >= 0.3 is 0 Å². The van der Waals surface area contributed by atoms with Crippen LogP contribution in [0.3, 0.4) is 0 Å². The van der Waals surface area contributed by atoms with Crippen molar-refractivity contribution in [2.75, 3.05) is 23.1 Å². The van der Waals surface area contributed by atoms with E-state index in [1.54, 1.807) is 48.5 Å². The summed E-state index contributed by atoms with van der Waals surface area (Å²) in [7, 11) is -3.88. The molecule has 2 aliphatic rings. The van der Waals surface area contributed by atoms with Crippen LogP contribution in [-0.2, 0) is 14.8 Å². The Morgan fingerprint density at radius 1 is 0.927 bits per heavy atom. The highest BCUT2D eigenvalue weighted by molar-refractivity contribution is 7.92. The van der Waals surface area contributed by atoms with E-state index in [0.29, 0.717) is 33.9 Å². The molecule has 1 saturated heterocycles. The van der Waals surface area contributed by atoms with Crippen LogP contribution in [0.4, 0.5) is 17.1 Å². The molecule has 4 aromatic rings. The lowest BCUT2D eigenvalue weighted by atomic mass is 9.90. The van der Waals surface area contributed by atoms with Crippen molar-refractivity contribution in [2.24, 2.45) is 4.99 Å². The Hall–Kier alpha value is -4.83. The van der Waals surface area contributed by atoms with Gasteiger partial charge in [0.15, 0.2) is 0 Å². The zero-order valence-corrected chi connectivity index (χ0v) is 22.8. The first-order valence-electron chi connectivity index (χ1n) is 13.3. The standard InChI is InChI=1S/C31H27N5O4S/c37-30-28(26-19-24(14-15-27(26)34-30)35-41(39,40)25-9-6-16-32-20-25)29(21-7-2-1-3-8-21)33-23-12-10-22(11-13-23)31(38)36-17-4-5-18-36/h1-3,6-16,19-20,28,35H,4-5,17-18H2,(H,34,37). The van der Waals surface area contributed by atoms with Gasteiger partial charge in [0.1, 0.15) is 10.8 Å². The fraction of sp³-hybridized carbons (Fsp3) is 0.161. The zero-order valence-electron chi connectivity index (χ0n) is 22.0. The second-order valence-electron chi connectivity index (χ2n) is 9.93. The largest absolute Gasteiger partial charge is 0.339 e. The molecule has 9 nitrogen and oxygen atoms in total. The lowest BCUT2D eigenvalue weighted by molar-refractivity contribution is -0.115. The minimum atomic E-state index is -3.88. The van der Waals surface area contributed by atoms with E-state index >= 15 is 0 Å². The molecule has 0 saturated carbocycles. The normalized spacial score (nSPS) is 16.8. The average molecular weight is 566 g/mol. The first kappa shape index (κ1) is 26.4. The topological polar surface area (TPSA) is 121 Å². The van der Waals surface area contributed by atoms with Crippen molar-refractivity contribution in [1.82, 2.24) is 9.88 Å². The Balaban J connectivity index is 1.36. The third-order valence-corrected chi connectivity index (χ3v) is 8.55. The van der Waals surface area contributed by atoms with Crippen LogP contribution in [0, 0.1) is 0 Å². The maximum atomic E-state index is 13.4. The van der Waals surface area contributed by atoms with Crippen LogP contribution < -0.4 is 10.0 Å². The molecule has 1 fully saturated rings. The fourth-order valence-corrected chi connectivity index (χ4v) is 6.15. The first-order chi connectivity index (χ1) is 19.9. The smallest absolute Gasteiger partial charge is 0.263 e. The summed E-state index contributed by atoms with van der Waals surface area (Å²) in [5.41, 5.74) is 3.94. The molecule has 10 heteroatoms. The second kappa shape index (κ2) is 11.0. The highest BCUT2D eigenvalue weighted by Gasteiger charge is 2.36. The summed E-state index contributed by atoms with van der Waals surface area (Å²) in [5, 5.41) is 2.90. The molecule has 206 valence electrons. The number of aromatic nitrogens is 1. The number of benzene rings is 3. The third kappa shape index (κ3) is 5.46. The minimum absolute atomic E-state index is 0.00618. The van der Waals surface area contributed by atoms with Crippen molar-refractivity contribution in [3.63, 3.8) is 0 Å². The van der Waals surface area contributed by atoms with Crippen LogP contribution >= 0.6 is 0 Å². The van der Waals surface area contributed by atoms with E-state index in [2.05, 4.69) is 15.0 Å². The van der Waals surface area contributed by atoms with Gasteiger partial charge in [0.05, 0.1) is 11.4 Å². The van der Waals surface area contributed by atoms with Crippen molar-refractivity contribution in [3.8, 4) is 0 Å². The van der Waals surface area contributed by atoms with E-state index in [1.165, 1.54) is 18.5 Å². The molecule has 6 rings (SSSR count). The number of fused-ring (bicyclic) bond motifs is 1. The first-order valence-corrected chi connectivity index (χ1v) is 14.8. The summed E-state index contributed by atoms with van der Waals surface area (Å²) in [6.07, 6.45) is 4.81. The van der Waals surface area contributed by atoms with Gasteiger partial charge in [-0.3, -0.25) is 24.3 Å². The van der Waals surface area contributed by atoms with Gasteiger partial charge in [-0.25, -0.2) is 8.42 Å². The molecule has 2 aliphatic heterocycles. The number of sulfonamides is 1. The Bertz CT molecular complexity index is 1730. The van der Waals surface area contributed by atoms with E-state index in [1.807, 2.05) is 35.2 Å². The van der Waals surface area contributed by atoms with Gasteiger partial charge in [-0.15, -0.1) is 0 Å². The summed E-state index contributed by atoms with van der Waals surface area (Å²) in [5.74, 6) is -1.05. The second-order valence-corrected chi connectivity index (χ2v) is 11.6. The fourth-order valence-electron chi connectivity index (χ4n) is 5.14. The van der Waals surface area contributed by atoms with Crippen LogP contribution in [0.2, 0.25) is 0 Å². The number of carbonyl (C=O) groups excluding carboxylic acids is 2. The number of carbonyl (C=O) groups is 2. The summed E-state index contributed by atoms with van der Waals surface area (Å²) in [4.78, 5) is 36.8. The molecule has 1 aromatic heterocycles. The summed E-state index contributed by atoms with van der Waals surface area (Å²) in [6, 6.07) is 24.4. The molecule has 3 heterocycles. The highest BCUT2D eigenvalue weighted by Crippen LogP contribution is 2.38. The van der Waals surface area contributed by atoms with Gasteiger partial charge in [0, 0.05) is 42.4 Å². The molecule has 2 amide bonds. The Morgan fingerprint density at radius 3 is 2.39 bits per heavy atom. The molecule has 0 aliphatic carbocycles. The number of hydrogen-bond donors (Lipinski definition) is 2. The number of likely N-dealkylation sites (tertiary alicyclic amines) is 1. The van der Waals surface area contributed by atoms with Crippen LogP contribution in [0.5, 0.6) is 0 Å². The molecule has 0 spiro atoms. The van der Waals surface area contributed by atoms with Crippen LogP contribution in [0.15, 0.2) is 107 Å². The lowest BCUT2D eigenvalue weighted by Crippen LogP contribution is -2.27. The van der Waals surface area contributed by atoms with Gasteiger partial charge in [0.2, 0.25) is 5.91 Å². The third-order valence-electron chi connectivity index (χ3n) is 7.18. The van der Waals surface area contributed by atoms with Gasteiger partial charge in [-0.2, -0.15) is 0 Å². The van der Waals surface area contributed by atoms with Crippen molar-refractivity contribution in [3.05, 3.63) is 114 Å². The molecule has 2 N–H and O–H groups in total. The molecular formula is C31H27N5O4S. The molecule has 0 radical (unpaired) electrons. The predicted molar refractivity (Wildman–Crippen MR) is 157 cm³/mol. The van der Waals surface area contributed by atoms with Crippen LogP contribution in [0.25, 0.3) is 0 Å². The molecule has 1 unspecified atom stereocenters. The van der Waals surface area contributed by atoms with Gasteiger partial charge < -0.3 is 10.2 Å². The minimum Gasteiger partial charge on any atom is -0.339 e. The van der Waals surface area contributed by atoms with Crippen molar-refractivity contribution in [2.45, 2.75) is 23.7 Å². The maximum absolute atomic E-state index is 13.4. The number of anilines is 2. The monoisotopic (exact) mass is 565 g/mol. The number of nitrogens with one attached hydrogen (secondary N) is 2. The van der Waals surface area contributed by atoms with Crippen molar-refractivity contribution in [1.29, 1.82) is 0 Å². The number of aliphatic imine (C=N–C) groups is 1. The van der Waals surface area contributed by atoms with Gasteiger partial charge in [-0.05, 0) is 78.6 Å². The average Bonchev–Trinajstić information content (AvgIpc) is 3.64. The Kier molecular flexibility index (Phi) is 7.07. The molecular weight excluding hydrogens is 538 g/mol. The number of nitrogens with zero attached hydrogens (tertiary/aromatic N) is 3. The van der Waals surface area contributed by atoms with Crippen LogP contribution in [0.1, 0.15) is 40.2 Å². The summed E-state index contributed by atoms with van der Waals surface area (Å²) >= 11 is 0. The molecule has 41 heavy (non-hydrogen) atoms. The van der Waals surface area contributed by atoms with E-state index in [-0.39, 0.29) is 16.7 Å². The van der Waals surface area contributed by atoms with Gasteiger partial charge in [-0.1, -0.05) is 30.3 Å². The van der Waals surface area contributed by atoms with Crippen molar-refractivity contribution >= 4 is 44.6 Å². The number of hydrogen-bond acceptors (Lipinski definition) is 6. The van der Waals surface area contributed by atoms with E-state index in [0.717, 1.165) is 31.5 Å². The van der Waals surface area contributed by atoms with E-state index in [9.17, 15) is 18.0 Å². The molecule has 1 atom stereocenters. The van der Waals surface area contributed by atoms with E-state index < -0.39 is 15.9 Å². The number of pyridine rings is 1. The molecule has 3 aromatic carbocycles. The molecule has 0 bridgehead atoms. The summed E-state index contributed by atoms with van der Waals surface area (Å²) in [6.45, 7) is 1.54. The Labute approximate surface area is 238 Å². The maximum Gasteiger partial charge on any atom is 0.263 e. The summed E-state index contributed by atoms with van der Waals surface area (Å²) < 4.78 is 28.4. The van der Waals surface area contributed by atoms with Crippen molar-refractivity contribution < 1.29 is 18.0 Å². The van der Waals surface area contributed by atoms with Gasteiger partial charge in [0.25, 0.3) is 15.9 Å². The SMILES string of the molecule is O=C1Nc2ccc(NS(=O)(=O)c3cccnc3)cc2C1C(=Nc1ccc(C(=O)N2CCCC2)cc1)c1ccccc1. The Morgan fingerprint density at radius 2 is 1.68 bits per heavy atom. The van der Waals surface area contributed by atoms with Crippen LogP contribution in [-0.4, -0.2) is 48.9 Å². The predicted octanol–water partition coefficient (Wildman–Crippen LogP) is 4.98. The lowest BCUT2D eigenvalue weighted by Gasteiger charge is -2.16. The number of rotatable bonds is 7.